The zero-order chi connectivity index (χ0) is 23.8. The average molecular weight is 492 g/mol. The molecule has 5 heterocycles. The number of aryl methyl sites for hydroxylation is 1. The summed E-state index contributed by atoms with van der Waals surface area (Å²) in [6.07, 6.45) is 3.66. The second kappa shape index (κ2) is 9.87. The van der Waals surface area contributed by atoms with Crippen LogP contribution in [0.5, 0.6) is 0 Å². The molecule has 0 aromatic carbocycles. The summed E-state index contributed by atoms with van der Waals surface area (Å²) in [6, 6.07) is 0.303. The molecule has 11 heteroatoms. The monoisotopic (exact) mass is 491 g/mol. The number of carbonyl (C=O) groups excluding carboxylic acids is 2. The van der Waals surface area contributed by atoms with Crippen molar-refractivity contribution in [2.24, 2.45) is 5.92 Å². The lowest BCUT2D eigenvalue weighted by atomic mass is 9.97. The number of fused-ring (bicyclic) bond motifs is 1. The summed E-state index contributed by atoms with van der Waals surface area (Å²) in [5.74, 6) is 1.72. The van der Waals surface area contributed by atoms with Gasteiger partial charge in [0.2, 0.25) is 16.8 Å². The topological polar surface area (TPSA) is 111 Å². The highest BCUT2D eigenvalue weighted by atomic mass is 32.2. The van der Waals surface area contributed by atoms with E-state index in [-0.39, 0.29) is 23.9 Å². The van der Waals surface area contributed by atoms with Gasteiger partial charge >= 0.3 is 5.97 Å². The zero-order valence-corrected chi connectivity index (χ0v) is 20.7. The maximum Gasteiger partial charge on any atom is 0.309 e. The number of hydrogen-bond donors (Lipinski definition) is 0. The number of anilines is 2. The second-order valence-corrected chi connectivity index (χ2v) is 11.1. The van der Waals surface area contributed by atoms with Crippen molar-refractivity contribution in [3.8, 4) is 0 Å². The number of likely N-dealkylation sites (tertiary alicyclic amines) is 1. The molecule has 34 heavy (non-hydrogen) atoms. The van der Waals surface area contributed by atoms with E-state index in [2.05, 4.69) is 4.90 Å². The molecule has 1 unspecified atom stereocenters. The summed E-state index contributed by atoms with van der Waals surface area (Å²) in [5, 5.41) is 0. The third kappa shape index (κ3) is 4.70. The number of esters is 1. The number of piperidine rings is 1. The van der Waals surface area contributed by atoms with Crippen molar-refractivity contribution in [1.82, 2.24) is 14.9 Å². The molecule has 186 valence electrons. The highest BCUT2D eigenvalue weighted by Gasteiger charge is 2.39. The van der Waals surface area contributed by atoms with Gasteiger partial charge < -0.3 is 28.7 Å². The van der Waals surface area contributed by atoms with E-state index in [0.29, 0.717) is 63.2 Å². The summed E-state index contributed by atoms with van der Waals surface area (Å²) in [6.45, 7) is 5.35. The Bertz CT molecular complexity index is 929. The lowest BCUT2D eigenvalue weighted by molar-refractivity contribution is -0.157. The van der Waals surface area contributed by atoms with Crippen LogP contribution in [0.1, 0.15) is 38.3 Å². The molecule has 1 aromatic heterocycles. The van der Waals surface area contributed by atoms with Gasteiger partial charge in [-0.25, -0.2) is 4.98 Å². The molecule has 5 rings (SSSR count). The molecule has 0 saturated carbocycles. The van der Waals surface area contributed by atoms with Gasteiger partial charge in [-0.3, -0.25) is 9.59 Å². The summed E-state index contributed by atoms with van der Waals surface area (Å²) >= 11 is -1.07. The van der Waals surface area contributed by atoms with Gasteiger partial charge in [0, 0.05) is 52.7 Å². The fourth-order valence-corrected chi connectivity index (χ4v) is 6.54. The van der Waals surface area contributed by atoms with Gasteiger partial charge in [0.15, 0.2) is 5.82 Å². The predicted octanol–water partition coefficient (Wildman–Crippen LogP) is 0.746. The third-order valence-corrected chi connectivity index (χ3v) is 8.87. The van der Waals surface area contributed by atoms with Crippen LogP contribution < -0.4 is 9.80 Å². The Balaban J connectivity index is 1.22. The fourth-order valence-electron chi connectivity index (χ4n) is 5.16. The number of amides is 1. The van der Waals surface area contributed by atoms with E-state index in [0.717, 1.165) is 42.5 Å². The molecule has 1 atom stereocenters. The molecule has 4 aliphatic rings. The van der Waals surface area contributed by atoms with E-state index in [4.69, 9.17) is 19.4 Å². The number of ether oxygens (including phenoxy) is 2. The van der Waals surface area contributed by atoms with Crippen LogP contribution in [0.4, 0.5) is 11.8 Å². The van der Waals surface area contributed by atoms with Crippen LogP contribution in [0.15, 0.2) is 4.90 Å². The van der Waals surface area contributed by atoms with Gasteiger partial charge in [-0.15, -0.1) is 0 Å². The molecule has 1 amide bonds. The largest absolute Gasteiger partial charge is 0.611 e. The van der Waals surface area contributed by atoms with Crippen LogP contribution in [0, 0.1) is 5.92 Å². The van der Waals surface area contributed by atoms with Crippen LogP contribution >= 0.6 is 0 Å². The Labute approximate surface area is 203 Å². The van der Waals surface area contributed by atoms with Gasteiger partial charge in [0.1, 0.15) is 17.6 Å². The van der Waals surface area contributed by atoms with E-state index in [1.807, 2.05) is 11.9 Å². The number of nitrogens with zero attached hydrogens (tertiary/aromatic N) is 5. The molecule has 4 aliphatic heterocycles. The minimum Gasteiger partial charge on any atom is -0.611 e. The third-order valence-electron chi connectivity index (χ3n) is 7.42. The van der Waals surface area contributed by atoms with Crippen LogP contribution in [0.3, 0.4) is 0 Å². The zero-order valence-electron chi connectivity index (χ0n) is 19.9. The smallest absolute Gasteiger partial charge is 0.309 e. The van der Waals surface area contributed by atoms with Crippen molar-refractivity contribution in [2.45, 2.75) is 56.1 Å². The molecule has 0 N–H and O–H groups in total. The summed E-state index contributed by atoms with van der Waals surface area (Å²) < 4.78 is 24.0. The second-order valence-electron chi connectivity index (χ2n) is 9.62. The van der Waals surface area contributed by atoms with E-state index in [1.54, 1.807) is 11.8 Å². The molecule has 3 fully saturated rings. The van der Waals surface area contributed by atoms with Gasteiger partial charge in [0.05, 0.1) is 19.0 Å². The summed E-state index contributed by atoms with van der Waals surface area (Å²) in [4.78, 5) is 40.4. The number of rotatable bonds is 5. The van der Waals surface area contributed by atoms with Gasteiger partial charge in [0.25, 0.3) is 0 Å². The number of aromatic nitrogens is 2. The van der Waals surface area contributed by atoms with E-state index >= 15 is 0 Å². The Morgan fingerprint density at radius 1 is 1.15 bits per heavy atom. The molecule has 3 saturated heterocycles. The lowest BCUT2D eigenvalue weighted by Crippen LogP contribution is -2.54. The van der Waals surface area contributed by atoms with Crippen molar-refractivity contribution < 1.29 is 23.6 Å². The lowest BCUT2D eigenvalue weighted by Gasteiger charge is -2.40. The highest BCUT2D eigenvalue weighted by Crippen LogP contribution is 2.36. The molecule has 0 radical (unpaired) electrons. The molecule has 1 aromatic rings. The maximum absolute atomic E-state index is 12.7. The van der Waals surface area contributed by atoms with Crippen molar-refractivity contribution in [1.29, 1.82) is 0 Å². The molecule has 10 nitrogen and oxygen atoms in total. The van der Waals surface area contributed by atoms with Gasteiger partial charge in [-0.2, -0.15) is 4.98 Å². The number of hydrogen-bond acceptors (Lipinski definition) is 9. The first-order chi connectivity index (χ1) is 16.4. The quantitative estimate of drug-likeness (QED) is 0.435. The number of carbonyl (C=O) groups is 2. The van der Waals surface area contributed by atoms with E-state index in [9.17, 15) is 14.1 Å². The molecular weight excluding hydrogens is 458 g/mol. The Hall–Kier alpha value is -2.11. The van der Waals surface area contributed by atoms with Crippen molar-refractivity contribution in [2.75, 3.05) is 62.0 Å². The minimum atomic E-state index is -1.07. The Morgan fingerprint density at radius 3 is 2.53 bits per heavy atom. The predicted molar refractivity (Wildman–Crippen MR) is 126 cm³/mol. The van der Waals surface area contributed by atoms with Crippen LogP contribution in [0.25, 0.3) is 0 Å². The minimum absolute atomic E-state index is 0.0569. The molecular formula is C23H33N5O5S. The Morgan fingerprint density at radius 2 is 1.85 bits per heavy atom. The first-order valence-corrected chi connectivity index (χ1v) is 13.5. The fraction of sp³-hybridized carbons (Fsp3) is 0.739. The first-order valence-electron chi connectivity index (χ1n) is 12.2. The van der Waals surface area contributed by atoms with Crippen LogP contribution in [-0.2, 0) is 36.7 Å². The average Bonchev–Trinajstić information content (AvgIpc) is 3.21. The maximum atomic E-state index is 12.7. The van der Waals surface area contributed by atoms with Gasteiger partial charge in [-0.1, -0.05) is 0 Å². The van der Waals surface area contributed by atoms with Crippen molar-refractivity contribution in [3.63, 3.8) is 0 Å². The Kier molecular flexibility index (Phi) is 6.85. The summed E-state index contributed by atoms with van der Waals surface area (Å²) in [7, 11) is 2.02. The highest BCUT2D eigenvalue weighted by molar-refractivity contribution is 7.91. The SMILES string of the molecule is CC(=O)N1CCC(C(=O)OC2CN(c3nc4c(c(N(C)C5CCOCC5)n3)[S+]([O-])CC4)C2)CC1. The molecule has 0 bridgehead atoms. The molecule has 0 spiro atoms. The van der Waals surface area contributed by atoms with E-state index in [1.165, 1.54) is 0 Å². The first kappa shape index (κ1) is 23.6. The van der Waals surface area contributed by atoms with E-state index < -0.39 is 11.2 Å². The van der Waals surface area contributed by atoms with Crippen LogP contribution in [0.2, 0.25) is 0 Å². The summed E-state index contributed by atoms with van der Waals surface area (Å²) in [5.41, 5.74) is 0.870. The standard InChI is InChI=1S/C23H33N5O5S/c1-15(29)27-8-3-16(4-9-27)22(30)33-18-13-28(14-18)23-24-19-7-12-34(31)20(19)21(25-23)26(2)17-5-10-32-11-6-17/h16-18H,3-14H2,1-2H3. The van der Waals surface area contributed by atoms with Gasteiger partial charge in [-0.05, 0) is 36.9 Å². The van der Waals surface area contributed by atoms with Crippen molar-refractivity contribution >= 4 is 34.8 Å². The van der Waals surface area contributed by atoms with Crippen molar-refractivity contribution in [3.05, 3.63) is 5.69 Å². The normalized spacial score (nSPS) is 24.0. The molecule has 0 aliphatic carbocycles. The van der Waals surface area contributed by atoms with Crippen LogP contribution in [-0.4, -0.2) is 95.6 Å².